The predicted octanol–water partition coefficient (Wildman–Crippen LogP) is 2.97. The van der Waals surface area contributed by atoms with Crippen molar-refractivity contribution in [3.05, 3.63) is 23.4 Å². The minimum atomic E-state index is -4.79. The fourth-order valence-electron chi connectivity index (χ4n) is 1.33. The van der Waals surface area contributed by atoms with Crippen LogP contribution in [-0.4, -0.2) is 24.8 Å². The van der Waals surface area contributed by atoms with Crippen LogP contribution in [0.15, 0.2) is 12.1 Å². The third kappa shape index (κ3) is 4.01. The van der Waals surface area contributed by atoms with Crippen LogP contribution in [-0.2, 0) is 6.18 Å². The molecular formula is C10H7F6N3. The SMILES string of the molecule is CN(CC(F)(F)F)c1nc(C(F)(F)F)ccc1C#N. The van der Waals surface area contributed by atoms with Crippen molar-refractivity contribution in [1.29, 1.82) is 5.26 Å². The van der Waals surface area contributed by atoms with E-state index in [0.29, 0.717) is 11.0 Å². The number of halogens is 6. The molecule has 0 saturated heterocycles. The summed E-state index contributed by atoms with van der Waals surface area (Å²) in [5.41, 5.74) is -1.71. The van der Waals surface area contributed by atoms with E-state index in [1.165, 1.54) is 6.07 Å². The van der Waals surface area contributed by atoms with E-state index in [2.05, 4.69) is 4.98 Å². The first-order chi connectivity index (χ1) is 8.54. The number of hydrogen-bond donors (Lipinski definition) is 0. The molecule has 0 amide bonds. The molecule has 9 heteroatoms. The van der Waals surface area contributed by atoms with E-state index in [1.54, 1.807) is 0 Å². The summed E-state index contributed by atoms with van der Waals surface area (Å²) in [5, 5.41) is 8.68. The van der Waals surface area contributed by atoms with Crippen molar-refractivity contribution in [3.8, 4) is 6.07 Å². The summed E-state index contributed by atoms with van der Waals surface area (Å²) in [5.74, 6) is -0.658. The molecule has 0 radical (unpaired) electrons. The Hall–Kier alpha value is -1.98. The number of anilines is 1. The van der Waals surface area contributed by atoms with Crippen LogP contribution in [0.4, 0.5) is 32.2 Å². The van der Waals surface area contributed by atoms with Crippen molar-refractivity contribution >= 4 is 5.82 Å². The van der Waals surface area contributed by atoms with Gasteiger partial charge in [-0.2, -0.15) is 31.6 Å². The summed E-state index contributed by atoms with van der Waals surface area (Å²) in [6, 6.07) is 2.84. The maximum absolute atomic E-state index is 12.4. The molecule has 0 bridgehead atoms. The van der Waals surface area contributed by atoms with Gasteiger partial charge in [0.2, 0.25) is 0 Å². The highest BCUT2D eigenvalue weighted by Gasteiger charge is 2.35. The summed E-state index contributed by atoms with van der Waals surface area (Å²) < 4.78 is 73.8. The summed E-state index contributed by atoms with van der Waals surface area (Å²) in [4.78, 5) is 3.53. The van der Waals surface area contributed by atoms with Gasteiger partial charge in [-0.3, -0.25) is 0 Å². The van der Waals surface area contributed by atoms with Crippen LogP contribution < -0.4 is 4.90 Å². The normalized spacial score (nSPS) is 12.1. The molecule has 19 heavy (non-hydrogen) atoms. The lowest BCUT2D eigenvalue weighted by Crippen LogP contribution is -2.32. The second-order valence-corrected chi connectivity index (χ2v) is 3.65. The molecule has 0 aliphatic rings. The molecule has 0 saturated carbocycles. The Bertz CT molecular complexity index is 499. The van der Waals surface area contributed by atoms with E-state index < -0.39 is 30.4 Å². The average Bonchev–Trinajstić information content (AvgIpc) is 2.24. The highest BCUT2D eigenvalue weighted by Crippen LogP contribution is 2.30. The lowest BCUT2D eigenvalue weighted by molar-refractivity contribution is -0.141. The molecule has 3 nitrogen and oxygen atoms in total. The van der Waals surface area contributed by atoms with E-state index in [9.17, 15) is 26.3 Å². The fraction of sp³-hybridized carbons (Fsp3) is 0.400. The molecule has 0 aromatic carbocycles. The van der Waals surface area contributed by atoms with E-state index in [0.717, 1.165) is 13.1 Å². The van der Waals surface area contributed by atoms with Crippen LogP contribution in [0.1, 0.15) is 11.3 Å². The molecule has 0 N–H and O–H groups in total. The maximum atomic E-state index is 12.4. The van der Waals surface area contributed by atoms with Crippen LogP contribution in [0.25, 0.3) is 0 Å². The van der Waals surface area contributed by atoms with Crippen molar-refractivity contribution in [3.63, 3.8) is 0 Å². The van der Waals surface area contributed by atoms with Crippen LogP contribution in [0.2, 0.25) is 0 Å². The van der Waals surface area contributed by atoms with E-state index in [1.807, 2.05) is 0 Å². The lowest BCUT2D eigenvalue weighted by atomic mass is 10.2. The number of nitriles is 1. The zero-order chi connectivity index (χ0) is 14.8. The van der Waals surface area contributed by atoms with Gasteiger partial charge in [0.05, 0.1) is 5.56 Å². The number of pyridine rings is 1. The van der Waals surface area contributed by atoms with Gasteiger partial charge in [-0.25, -0.2) is 4.98 Å². The molecule has 1 heterocycles. The van der Waals surface area contributed by atoms with Crippen molar-refractivity contribution in [2.45, 2.75) is 12.4 Å². The number of alkyl halides is 6. The second-order valence-electron chi connectivity index (χ2n) is 3.65. The number of aromatic nitrogens is 1. The zero-order valence-corrected chi connectivity index (χ0v) is 9.47. The zero-order valence-electron chi connectivity index (χ0n) is 9.47. The van der Waals surface area contributed by atoms with Gasteiger partial charge < -0.3 is 4.90 Å². The summed E-state index contributed by atoms with van der Waals surface area (Å²) in [7, 11) is 0.914. The molecule has 1 aromatic rings. The lowest BCUT2D eigenvalue weighted by Gasteiger charge is -2.21. The number of nitrogens with zero attached hydrogens (tertiary/aromatic N) is 3. The van der Waals surface area contributed by atoms with Gasteiger partial charge in [0.15, 0.2) is 0 Å². The highest BCUT2D eigenvalue weighted by atomic mass is 19.4. The van der Waals surface area contributed by atoms with Gasteiger partial charge in [0, 0.05) is 7.05 Å². The monoisotopic (exact) mass is 283 g/mol. The fourth-order valence-corrected chi connectivity index (χ4v) is 1.33. The van der Waals surface area contributed by atoms with E-state index in [4.69, 9.17) is 5.26 Å². The Labute approximate surface area is 104 Å². The molecule has 1 aromatic heterocycles. The van der Waals surface area contributed by atoms with Gasteiger partial charge in [-0.05, 0) is 12.1 Å². The van der Waals surface area contributed by atoms with Crippen LogP contribution in [0.3, 0.4) is 0 Å². The highest BCUT2D eigenvalue weighted by molar-refractivity contribution is 5.54. The largest absolute Gasteiger partial charge is 0.433 e. The summed E-state index contributed by atoms with van der Waals surface area (Å²) in [6.45, 7) is -1.50. The summed E-state index contributed by atoms with van der Waals surface area (Å²) in [6.07, 6.45) is -9.40. The Morgan fingerprint density at radius 3 is 2.21 bits per heavy atom. The molecule has 104 valence electrons. The Kier molecular flexibility index (Phi) is 3.93. The van der Waals surface area contributed by atoms with E-state index in [-0.39, 0.29) is 5.56 Å². The smallest absolute Gasteiger partial charge is 0.349 e. The number of rotatable bonds is 2. The maximum Gasteiger partial charge on any atom is 0.433 e. The van der Waals surface area contributed by atoms with Gasteiger partial charge in [0.1, 0.15) is 24.1 Å². The van der Waals surface area contributed by atoms with Gasteiger partial charge in [0.25, 0.3) is 0 Å². The topological polar surface area (TPSA) is 39.9 Å². The molecule has 0 spiro atoms. The third-order valence-electron chi connectivity index (χ3n) is 2.06. The molecule has 0 aliphatic carbocycles. The molecular weight excluding hydrogens is 276 g/mol. The number of hydrogen-bond acceptors (Lipinski definition) is 3. The van der Waals surface area contributed by atoms with E-state index >= 15 is 0 Å². The predicted molar refractivity (Wildman–Crippen MR) is 53.3 cm³/mol. The van der Waals surface area contributed by atoms with Crippen molar-refractivity contribution < 1.29 is 26.3 Å². The van der Waals surface area contributed by atoms with Crippen LogP contribution >= 0.6 is 0 Å². The summed E-state index contributed by atoms with van der Waals surface area (Å²) >= 11 is 0. The minimum absolute atomic E-state index is 0.361. The first-order valence-electron chi connectivity index (χ1n) is 4.81. The average molecular weight is 283 g/mol. The first kappa shape index (κ1) is 15.1. The van der Waals surface area contributed by atoms with Crippen molar-refractivity contribution in [2.75, 3.05) is 18.5 Å². The quantitative estimate of drug-likeness (QED) is 0.783. The standard InChI is InChI=1S/C10H7F6N3/c1-19(5-9(11,12)13)8-6(4-17)2-3-7(18-8)10(14,15)16/h2-3H,5H2,1H3. The Morgan fingerprint density at radius 1 is 1.21 bits per heavy atom. The van der Waals surface area contributed by atoms with Gasteiger partial charge >= 0.3 is 12.4 Å². The van der Waals surface area contributed by atoms with Gasteiger partial charge in [-0.15, -0.1) is 0 Å². The molecule has 0 atom stereocenters. The Morgan fingerprint density at radius 2 is 1.79 bits per heavy atom. The van der Waals surface area contributed by atoms with Gasteiger partial charge in [-0.1, -0.05) is 0 Å². The van der Waals surface area contributed by atoms with Crippen LogP contribution in [0, 0.1) is 11.3 Å². The first-order valence-corrected chi connectivity index (χ1v) is 4.81. The van der Waals surface area contributed by atoms with Crippen molar-refractivity contribution in [1.82, 2.24) is 4.98 Å². The molecule has 1 rings (SSSR count). The molecule has 0 unspecified atom stereocenters. The molecule has 0 aliphatic heterocycles. The van der Waals surface area contributed by atoms with Crippen LogP contribution in [0.5, 0.6) is 0 Å². The second kappa shape index (κ2) is 4.95. The Balaban J connectivity index is 3.21. The van der Waals surface area contributed by atoms with Crippen molar-refractivity contribution in [2.24, 2.45) is 0 Å². The molecule has 0 fully saturated rings. The third-order valence-corrected chi connectivity index (χ3v) is 2.06. The minimum Gasteiger partial charge on any atom is -0.349 e.